The predicted molar refractivity (Wildman–Crippen MR) is 131 cm³/mol. The standard InChI is InChI=1S/C27H37N3O2/c1-32-26-14-8-7-13-25(26)30-20-18-29(19-21-30)17-15-23(22-10-4-2-5-11-22)27(31)24-12-6-3-9-16-28-24/h2,4-5,7-8,10-11,13-14,23-24,28H,3,6,9,12,15-21H2,1H3. The number of rotatable bonds is 8. The average Bonchev–Trinajstić information content (AvgIpc) is 3.15. The fraction of sp³-hybridized carbons (Fsp3) is 0.519. The minimum absolute atomic E-state index is 0.00472. The van der Waals surface area contributed by atoms with Gasteiger partial charge in [0.15, 0.2) is 5.78 Å². The molecule has 0 aliphatic carbocycles. The lowest BCUT2D eigenvalue weighted by Crippen LogP contribution is -2.47. The molecule has 0 aromatic heterocycles. The Morgan fingerprint density at radius 1 is 1.00 bits per heavy atom. The van der Waals surface area contributed by atoms with E-state index >= 15 is 0 Å². The predicted octanol–water partition coefficient (Wildman–Crippen LogP) is 4.09. The summed E-state index contributed by atoms with van der Waals surface area (Å²) in [4.78, 5) is 18.4. The number of carbonyl (C=O) groups excluding carboxylic acids is 1. The van der Waals surface area contributed by atoms with Crippen molar-refractivity contribution in [3.05, 3.63) is 60.2 Å². The number of ketones is 1. The van der Waals surface area contributed by atoms with E-state index in [9.17, 15) is 4.79 Å². The van der Waals surface area contributed by atoms with Gasteiger partial charge in [-0.1, -0.05) is 55.3 Å². The Morgan fingerprint density at radius 3 is 2.53 bits per heavy atom. The Balaban J connectivity index is 1.37. The van der Waals surface area contributed by atoms with Crippen molar-refractivity contribution in [3.8, 4) is 5.75 Å². The zero-order valence-electron chi connectivity index (χ0n) is 19.3. The van der Waals surface area contributed by atoms with Gasteiger partial charge in [-0.2, -0.15) is 0 Å². The molecule has 5 heteroatoms. The highest BCUT2D eigenvalue weighted by Gasteiger charge is 2.29. The summed E-state index contributed by atoms with van der Waals surface area (Å²) in [6.45, 7) is 5.90. The first-order valence-corrected chi connectivity index (χ1v) is 12.2. The molecule has 0 radical (unpaired) electrons. The molecule has 0 amide bonds. The van der Waals surface area contributed by atoms with E-state index in [1.165, 1.54) is 18.5 Å². The first-order valence-electron chi connectivity index (χ1n) is 12.2. The van der Waals surface area contributed by atoms with Gasteiger partial charge in [-0.25, -0.2) is 0 Å². The number of hydrogen-bond acceptors (Lipinski definition) is 5. The van der Waals surface area contributed by atoms with Crippen molar-refractivity contribution in [2.75, 3.05) is 51.3 Å². The van der Waals surface area contributed by atoms with Crippen LogP contribution in [0.1, 0.15) is 43.6 Å². The third-order valence-electron chi connectivity index (χ3n) is 6.98. The highest BCUT2D eigenvalue weighted by atomic mass is 16.5. The van der Waals surface area contributed by atoms with Crippen LogP contribution in [0.5, 0.6) is 5.75 Å². The molecule has 2 aromatic carbocycles. The normalized spacial score (nSPS) is 21.0. The SMILES string of the molecule is COc1ccccc1N1CCN(CCC(C(=O)C2CCCCCN2)c2ccccc2)CC1. The molecule has 4 rings (SSSR count). The average molecular weight is 436 g/mol. The number of carbonyl (C=O) groups is 1. The van der Waals surface area contributed by atoms with Crippen molar-refractivity contribution in [1.29, 1.82) is 0 Å². The summed E-state index contributed by atoms with van der Waals surface area (Å²) in [7, 11) is 1.74. The molecule has 2 saturated heterocycles. The van der Waals surface area contributed by atoms with E-state index in [0.717, 1.165) is 69.8 Å². The molecule has 5 nitrogen and oxygen atoms in total. The van der Waals surface area contributed by atoms with Crippen LogP contribution in [0.2, 0.25) is 0 Å². The maximum atomic E-state index is 13.5. The third kappa shape index (κ3) is 5.70. The van der Waals surface area contributed by atoms with Crippen LogP contribution < -0.4 is 15.0 Å². The lowest BCUT2D eigenvalue weighted by atomic mass is 9.86. The number of anilines is 1. The number of piperazine rings is 1. The Labute approximate surface area is 192 Å². The summed E-state index contributed by atoms with van der Waals surface area (Å²) in [5, 5.41) is 3.52. The Kier molecular flexibility index (Phi) is 8.18. The molecule has 2 atom stereocenters. The number of methoxy groups -OCH3 is 1. The molecule has 2 unspecified atom stereocenters. The second-order valence-electron chi connectivity index (χ2n) is 9.01. The monoisotopic (exact) mass is 435 g/mol. The zero-order valence-corrected chi connectivity index (χ0v) is 19.3. The first kappa shape index (κ1) is 22.8. The summed E-state index contributed by atoms with van der Waals surface area (Å²) in [6.07, 6.45) is 5.41. The molecule has 0 bridgehead atoms. The van der Waals surface area contributed by atoms with Crippen molar-refractivity contribution in [3.63, 3.8) is 0 Å². The number of nitrogens with zero attached hydrogens (tertiary/aromatic N) is 2. The molecule has 32 heavy (non-hydrogen) atoms. The van der Waals surface area contributed by atoms with Crippen molar-refractivity contribution in [2.24, 2.45) is 0 Å². The van der Waals surface area contributed by atoms with Crippen molar-refractivity contribution in [1.82, 2.24) is 10.2 Å². The lowest BCUT2D eigenvalue weighted by molar-refractivity contribution is -0.122. The molecule has 2 fully saturated rings. The Morgan fingerprint density at radius 2 is 1.75 bits per heavy atom. The largest absolute Gasteiger partial charge is 0.495 e. The number of ether oxygens (including phenoxy) is 1. The van der Waals surface area contributed by atoms with Crippen LogP contribution in [0, 0.1) is 0 Å². The van der Waals surface area contributed by atoms with E-state index in [-0.39, 0.29) is 12.0 Å². The molecule has 2 aromatic rings. The van der Waals surface area contributed by atoms with Crippen LogP contribution in [0.4, 0.5) is 5.69 Å². The lowest BCUT2D eigenvalue weighted by Gasteiger charge is -2.37. The molecule has 0 saturated carbocycles. The maximum Gasteiger partial charge on any atom is 0.157 e. The maximum absolute atomic E-state index is 13.5. The summed E-state index contributed by atoms with van der Waals surface area (Å²) in [5.41, 5.74) is 2.34. The highest BCUT2D eigenvalue weighted by Crippen LogP contribution is 2.29. The van der Waals surface area contributed by atoms with Gasteiger partial charge in [-0.15, -0.1) is 0 Å². The third-order valence-corrected chi connectivity index (χ3v) is 6.98. The Hall–Kier alpha value is -2.37. The van der Waals surface area contributed by atoms with Crippen LogP contribution >= 0.6 is 0 Å². The van der Waals surface area contributed by atoms with E-state index in [4.69, 9.17) is 4.74 Å². The van der Waals surface area contributed by atoms with Gasteiger partial charge in [0.05, 0.1) is 18.8 Å². The van der Waals surface area contributed by atoms with Crippen molar-refractivity contribution >= 4 is 11.5 Å². The number of hydrogen-bond donors (Lipinski definition) is 1. The van der Waals surface area contributed by atoms with Crippen molar-refractivity contribution in [2.45, 2.75) is 44.1 Å². The van der Waals surface area contributed by atoms with E-state index in [1.807, 2.05) is 18.2 Å². The van der Waals surface area contributed by atoms with Gasteiger partial charge >= 0.3 is 0 Å². The van der Waals surface area contributed by atoms with Gasteiger partial charge in [0, 0.05) is 32.1 Å². The summed E-state index contributed by atoms with van der Waals surface area (Å²) >= 11 is 0. The highest BCUT2D eigenvalue weighted by molar-refractivity contribution is 5.90. The number of para-hydroxylation sites is 2. The zero-order chi connectivity index (χ0) is 22.2. The van der Waals surface area contributed by atoms with Gasteiger partial charge in [0.1, 0.15) is 5.75 Å². The summed E-state index contributed by atoms with van der Waals surface area (Å²) < 4.78 is 5.55. The minimum Gasteiger partial charge on any atom is -0.495 e. The second-order valence-corrected chi connectivity index (χ2v) is 9.01. The molecule has 2 heterocycles. The first-order chi connectivity index (χ1) is 15.8. The van der Waals surface area contributed by atoms with Crippen LogP contribution in [-0.2, 0) is 4.79 Å². The van der Waals surface area contributed by atoms with Gasteiger partial charge in [-0.05, 0) is 50.0 Å². The topological polar surface area (TPSA) is 44.8 Å². The van der Waals surface area contributed by atoms with Crippen LogP contribution in [-0.4, -0.2) is 63.1 Å². The van der Waals surface area contributed by atoms with Crippen LogP contribution in [0.15, 0.2) is 54.6 Å². The van der Waals surface area contributed by atoms with Gasteiger partial charge < -0.3 is 15.0 Å². The molecular weight excluding hydrogens is 398 g/mol. The number of nitrogens with one attached hydrogen (secondary N) is 1. The van der Waals surface area contributed by atoms with E-state index in [0.29, 0.717) is 5.78 Å². The minimum atomic E-state index is -0.0287. The molecule has 2 aliphatic heterocycles. The fourth-order valence-electron chi connectivity index (χ4n) is 5.09. The van der Waals surface area contributed by atoms with Crippen LogP contribution in [0.25, 0.3) is 0 Å². The van der Waals surface area contributed by atoms with Crippen molar-refractivity contribution < 1.29 is 9.53 Å². The number of benzene rings is 2. The van der Waals surface area contributed by atoms with Crippen LogP contribution in [0.3, 0.4) is 0 Å². The molecule has 172 valence electrons. The van der Waals surface area contributed by atoms with Gasteiger partial charge in [-0.3, -0.25) is 9.69 Å². The Bertz CT molecular complexity index is 841. The fourth-order valence-corrected chi connectivity index (χ4v) is 5.09. The number of Topliss-reactive ketones (excluding diaryl/α,β-unsaturated/α-hetero) is 1. The summed E-state index contributed by atoms with van der Waals surface area (Å²) in [6, 6.07) is 18.7. The van der Waals surface area contributed by atoms with E-state index in [2.05, 4.69) is 51.5 Å². The molecule has 1 N–H and O–H groups in total. The molecule has 0 spiro atoms. The second kappa shape index (κ2) is 11.5. The molecular formula is C27H37N3O2. The smallest absolute Gasteiger partial charge is 0.157 e. The van der Waals surface area contributed by atoms with Gasteiger partial charge in [0.2, 0.25) is 0 Å². The molecule has 2 aliphatic rings. The van der Waals surface area contributed by atoms with Gasteiger partial charge in [0.25, 0.3) is 0 Å². The van der Waals surface area contributed by atoms with E-state index < -0.39 is 0 Å². The quantitative estimate of drug-likeness (QED) is 0.677. The van der Waals surface area contributed by atoms with E-state index in [1.54, 1.807) is 7.11 Å². The summed E-state index contributed by atoms with van der Waals surface area (Å²) in [5.74, 6) is 1.29.